The molecule has 0 radical (unpaired) electrons. The van der Waals surface area contributed by atoms with Crippen LogP contribution in [0.15, 0.2) is 28.7 Å². The third kappa shape index (κ3) is 3.61. The van der Waals surface area contributed by atoms with E-state index in [2.05, 4.69) is 26.6 Å². The molecule has 0 bridgehead atoms. The lowest BCUT2D eigenvalue weighted by molar-refractivity contribution is -0.122. The van der Waals surface area contributed by atoms with Crippen LogP contribution in [0.1, 0.15) is 25.5 Å². The second kappa shape index (κ2) is 6.01. The van der Waals surface area contributed by atoms with Crippen molar-refractivity contribution >= 4 is 21.8 Å². The van der Waals surface area contributed by atoms with Crippen molar-refractivity contribution in [2.75, 3.05) is 7.05 Å². The molecule has 4 heteroatoms. The van der Waals surface area contributed by atoms with Crippen molar-refractivity contribution < 1.29 is 4.79 Å². The molecule has 2 atom stereocenters. The van der Waals surface area contributed by atoms with Gasteiger partial charge in [-0.25, -0.2) is 0 Å². The molecule has 88 valence electrons. The topological polar surface area (TPSA) is 41.1 Å². The Bertz CT molecular complexity index is 351. The monoisotopic (exact) mass is 284 g/mol. The number of nitrogens with one attached hydrogen (secondary N) is 2. The fourth-order valence-corrected chi connectivity index (χ4v) is 1.78. The lowest BCUT2D eigenvalue weighted by atomic mass is 10.1. The molecule has 1 rings (SSSR count). The standard InChI is InChI=1S/C12H17BrN2O/c1-8(15-9(2)12(16)14-3)10-4-6-11(13)7-5-10/h4-9,15H,1-3H3,(H,14,16)/t8-,9?/m1/s1. The van der Waals surface area contributed by atoms with Crippen LogP contribution in [0.2, 0.25) is 0 Å². The highest BCUT2D eigenvalue weighted by Crippen LogP contribution is 2.16. The van der Waals surface area contributed by atoms with Gasteiger partial charge in [0.05, 0.1) is 6.04 Å². The van der Waals surface area contributed by atoms with Crippen molar-refractivity contribution in [2.45, 2.75) is 25.9 Å². The molecule has 2 N–H and O–H groups in total. The molecule has 0 aliphatic heterocycles. The average molecular weight is 285 g/mol. The van der Waals surface area contributed by atoms with Crippen LogP contribution in [-0.2, 0) is 4.79 Å². The molecule has 0 heterocycles. The zero-order valence-electron chi connectivity index (χ0n) is 9.75. The molecule has 0 spiro atoms. The van der Waals surface area contributed by atoms with Gasteiger partial charge in [-0.3, -0.25) is 10.1 Å². The second-order valence-corrected chi connectivity index (χ2v) is 4.69. The Morgan fingerprint density at radius 3 is 2.31 bits per heavy atom. The first-order valence-corrected chi connectivity index (χ1v) is 6.07. The minimum Gasteiger partial charge on any atom is -0.358 e. The van der Waals surface area contributed by atoms with E-state index >= 15 is 0 Å². The van der Waals surface area contributed by atoms with E-state index in [0.717, 1.165) is 4.47 Å². The molecule has 3 nitrogen and oxygen atoms in total. The normalized spacial score (nSPS) is 14.2. The van der Waals surface area contributed by atoms with E-state index in [4.69, 9.17) is 0 Å². The van der Waals surface area contributed by atoms with E-state index in [1.807, 2.05) is 38.1 Å². The van der Waals surface area contributed by atoms with E-state index in [-0.39, 0.29) is 18.0 Å². The highest BCUT2D eigenvalue weighted by atomic mass is 79.9. The average Bonchev–Trinajstić information content (AvgIpc) is 2.28. The molecule has 0 aromatic heterocycles. The van der Waals surface area contributed by atoms with Gasteiger partial charge in [0.1, 0.15) is 0 Å². The number of rotatable bonds is 4. The molecule has 1 unspecified atom stereocenters. The molecule has 1 amide bonds. The lowest BCUT2D eigenvalue weighted by Crippen LogP contribution is -2.41. The Labute approximate surface area is 105 Å². The summed E-state index contributed by atoms with van der Waals surface area (Å²) in [5, 5.41) is 5.86. The smallest absolute Gasteiger partial charge is 0.236 e. The van der Waals surface area contributed by atoms with Crippen molar-refractivity contribution in [3.63, 3.8) is 0 Å². The van der Waals surface area contributed by atoms with Crippen LogP contribution >= 0.6 is 15.9 Å². The van der Waals surface area contributed by atoms with Crippen LogP contribution < -0.4 is 10.6 Å². The zero-order valence-corrected chi connectivity index (χ0v) is 11.3. The second-order valence-electron chi connectivity index (χ2n) is 3.78. The van der Waals surface area contributed by atoms with Crippen LogP contribution in [0.4, 0.5) is 0 Å². The highest BCUT2D eigenvalue weighted by Gasteiger charge is 2.14. The molecule has 0 saturated carbocycles. The summed E-state index contributed by atoms with van der Waals surface area (Å²) in [6.45, 7) is 3.90. The number of halogens is 1. The number of likely N-dealkylation sites (N-methyl/N-ethyl adjacent to an activating group) is 1. The van der Waals surface area contributed by atoms with Gasteiger partial charge in [-0.2, -0.15) is 0 Å². The van der Waals surface area contributed by atoms with Crippen LogP contribution in [0.3, 0.4) is 0 Å². The largest absolute Gasteiger partial charge is 0.358 e. The van der Waals surface area contributed by atoms with Gasteiger partial charge < -0.3 is 5.32 Å². The molecule has 0 aliphatic carbocycles. The Hall–Kier alpha value is -0.870. The van der Waals surface area contributed by atoms with E-state index in [1.54, 1.807) is 7.05 Å². The fraction of sp³-hybridized carbons (Fsp3) is 0.417. The number of benzene rings is 1. The van der Waals surface area contributed by atoms with Crippen LogP contribution in [-0.4, -0.2) is 19.0 Å². The van der Waals surface area contributed by atoms with Crippen molar-refractivity contribution in [3.8, 4) is 0 Å². The van der Waals surface area contributed by atoms with Gasteiger partial charge in [-0.1, -0.05) is 28.1 Å². The molecule has 0 aliphatic rings. The predicted octanol–water partition coefficient (Wildman–Crippen LogP) is 2.23. The van der Waals surface area contributed by atoms with Crippen LogP contribution in [0.5, 0.6) is 0 Å². The van der Waals surface area contributed by atoms with Gasteiger partial charge in [0.15, 0.2) is 0 Å². The van der Waals surface area contributed by atoms with Gasteiger partial charge in [0, 0.05) is 17.6 Å². The lowest BCUT2D eigenvalue weighted by Gasteiger charge is -2.19. The van der Waals surface area contributed by atoms with Crippen molar-refractivity contribution in [2.24, 2.45) is 0 Å². The highest BCUT2D eigenvalue weighted by molar-refractivity contribution is 9.10. The third-order valence-corrected chi connectivity index (χ3v) is 3.04. The third-order valence-electron chi connectivity index (χ3n) is 2.51. The maximum absolute atomic E-state index is 11.4. The molecule has 0 fully saturated rings. The van der Waals surface area contributed by atoms with Gasteiger partial charge in [-0.05, 0) is 31.5 Å². The quantitative estimate of drug-likeness (QED) is 0.890. The van der Waals surface area contributed by atoms with Gasteiger partial charge in [0.2, 0.25) is 5.91 Å². The van der Waals surface area contributed by atoms with Gasteiger partial charge in [-0.15, -0.1) is 0 Å². The van der Waals surface area contributed by atoms with E-state index in [1.165, 1.54) is 5.56 Å². The summed E-state index contributed by atoms with van der Waals surface area (Å²) in [6.07, 6.45) is 0. The first kappa shape index (κ1) is 13.2. The minimum absolute atomic E-state index is 0.00367. The summed E-state index contributed by atoms with van der Waals surface area (Å²) >= 11 is 3.40. The summed E-state index contributed by atoms with van der Waals surface area (Å²) in [7, 11) is 1.64. The fourth-order valence-electron chi connectivity index (χ4n) is 1.51. The zero-order chi connectivity index (χ0) is 12.1. The Kier molecular flexibility index (Phi) is 4.96. The number of hydrogen-bond acceptors (Lipinski definition) is 2. The van der Waals surface area contributed by atoms with E-state index in [9.17, 15) is 4.79 Å². The van der Waals surface area contributed by atoms with Crippen LogP contribution in [0, 0.1) is 0 Å². The van der Waals surface area contributed by atoms with Crippen molar-refractivity contribution in [3.05, 3.63) is 34.3 Å². The maximum Gasteiger partial charge on any atom is 0.236 e. The Morgan fingerprint density at radius 1 is 1.25 bits per heavy atom. The summed E-state index contributed by atoms with van der Waals surface area (Å²) in [4.78, 5) is 11.4. The Morgan fingerprint density at radius 2 is 1.81 bits per heavy atom. The SMILES string of the molecule is CNC(=O)C(C)N[C@H](C)c1ccc(Br)cc1. The van der Waals surface area contributed by atoms with Gasteiger partial charge in [0.25, 0.3) is 0 Å². The Balaban J connectivity index is 2.61. The molecular weight excluding hydrogens is 268 g/mol. The predicted molar refractivity (Wildman–Crippen MR) is 69.2 cm³/mol. The maximum atomic E-state index is 11.4. The number of hydrogen-bond donors (Lipinski definition) is 2. The molecule has 16 heavy (non-hydrogen) atoms. The number of amides is 1. The summed E-state index contributed by atoms with van der Waals surface area (Å²) in [5.74, 6) is 0.00367. The molecule has 0 saturated heterocycles. The molecule has 1 aromatic carbocycles. The summed E-state index contributed by atoms with van der Waals surface area (Å²) < 4.78 is 1.06. The van der Waals surface area contributed by atoms with E-state index < -0.39 is 0 Å². The first-order chi connectivity index (χ1) is 7.54. The van der Waals surface area contributed by atoms with E-state index in [0.29, 0.717) is 0 Å². The summed E-state index contributed by atoms with van der Waals surface area (Å²) in [6, 6.07) is 8.04. The molecule has 1 aromatic rings. The van der Waals surface area contributed by atoms with Gasteiger partial charge >= 0.3 is 0 Å². The molecular formula is C12H17BrN2O. The number of carbonyl (C=O) groups excluding carboxylic acids is 1. The first-order valence-electron chi connectivity index (χ1n) is 5.27. The van der Waals surface area contributed by atoms with Crippen molar-refractivity contribution in [1.29, 1.82) is 0 Å². The van der Waals surface area contributed by atoms with Crippen LogP contribution in [0.25, 0.3) is 0 Å². The number of carbonyl (C=O) groups is 1. The summed E-state index contributed by atoms with van der Waals surface area (Å²) in [5.41, 5.74) is 1.17. The minimum atomic E-state index is -0.191. The van der Waals surface area contributed by atoms with Crippen molar-refractivity contribution in [1.82, 2.24) is 10.6 Å².